The monoisotopic (exact) mass is 388 g/mol. The Hall–Kier alpha value is -1.59. The molecule has 1 fully saturated rings. The standard InChI is InChI=1S/C23H36N2O3/c1-22(2,3)21-20-17(9-8-10-18(20)28-4)11-14-25(21)19(26)15-24-16-23(27)12-6-5-7-13-23/h8-10,21,24,27H,5-7,11-16H2,1-4H3. The van der Waals surface area contributed by atoms with Crippen LogP contribution in [0.2, 0.25) is 0 Å². The minimum absolute atomic E-state index is 0.0283. The summed E-state index contributed by atoms with van der Waals surface area (Å²) in [5, 5.41) is 13.9. The maximum absolute atomic E-state index is 13.2. The van der Waals surface area contributed by atoms with Crippen molar-refractivity contribution in [3.8, 4) is 5.75 Å². The van der Waals surface area contributed by atoms with Gasteiger partial charge in [-0.1, -0.05) is 52.2 Å². The predicted octanol–water partition coefficient (Wildman–Crippen LogP) is 3.45. The first-order chi connectivity index (χ1) is 13.2. The lowest BCUT2D eigenvalue weighted by Crippen LogP contribution is -2.50. The molecule has 0 radical (unpaired) electrons. The summed E-state index contributed by atoms with van der Waals surface area (Å²) in [5.74, 6) is 0.954. The van der Waals surface area contributed by atoms with Crippen LogP contribution in [-0.4, -0.2) is 48.3 Å². The molecule has 1 aromatic rings. The lowest BCUT2D eigenvalue weighted by molar-refractivity contribution is -0.136. The number of rotatable bonds is 5. The second-order valence-electron chi connectivity index (χ2n) is 9.53. The number of carbonyl (C=O) groups excluding carboxylic acids is 1. The Bertz CT molecular complexity index is 675. The van der Waals surface area contributed by atoms with Gasteiger partial charge in [0.2, 0.25) is 5.91 Å². The van der Waals surface area contributed by atoms with Crippen molar-refractivity contribution in [1.29, 1.82) is 0 Å². The van der Waals surface area contributed by atoms with Crippen LogP contribution in [0.25, 0.3) is 0 Å². The minimum atomic E-state index is -0.653. The Morgan fingerprint density at radius 2 is 2.00 bits per heavy atom. The van der Waals surface area contributed by atoms with Crippen LogP contribution < -0.4 is 10.1 Å². The number of nitrogens with zero attached hydrogens (tertiary/aromatic N) is 1. The van der Waals surface area contributed by atoms with Crippen molar-refractivity contribution in [2.24, 2.45) is 5.41 Å². The molecule has 1 atom stereocenters. The van der Waals surface area contributed by atoms with E-state index < -0.39 is 5.60 Å². The molecule has 1 aromatic carbocycles. The van der Waals surface area contributed by atoms with Crippen LogP contribution in [-0.2, 0) is 11.2 Å². The molecule has 5 heteroatoms. The fourth-order valence-corrected chi connectivity index (χ4v) is 4.88. The number of hydrogen-bond donors (Lipinski definition) is 2. The molecule has 1 heterocycles. The van der Waals surface area contributed by atoms with Crippen LogP contribution in [0, 0.1) is 5.41 Å². The zero-order chi connectivity index (χ0) is 20.4. The first-order valence-electron chi connectivity index (χ1n) is 10.6. The average molecular weight is 389 g/mol. The molecule has 2 aliphatic rings. The van der Waals surface area contributed by atoms with E-state index in [0.29, 0.717) is 13.1 Å². The number of methoxy groups -OCH3 is 1. The highest BCUT2D eigenvalue weighted by Crippen LogP contribution is 2.46. The molecule has 1 aliphatic heterocycles. The molecule has 0 saturated heterocycles. The van der Waals surface area contributed by atoms with Gasteiger partial charge in [-0.25, -0.2) is 0 Å². The van der Waals surface area contributed by atoms with E-state index in [1.54, 1.807) is 7.11 Å². The van der Waals surface area contributed by atoms with Gasteiger partial charge < -0.3 is 20.1 Å². The van der Waals surface area contributed by atoms with Gasteiger partial charge in [-0.2, -0.15) is 0 Å². The van der Waals surface area contributed by atoms with Gasteiger partial charge in [-0.05, 0) is 36.3 Å². The molecule has 3 rings (SSSR count). The quantitative estimate of drug-likeness (QED) is 0.811. The average Bonchev–Trinajstić information content (AvgIpc) is 2.66. The first-order valence-corrected chi connectivity index (χ1v) is 10.6. The van der Waals surface area contributed by atoms with Crippen molar-refractivity contribution < 1.29 is 14.6 Å². The van der Waals surface area contributed by atoms with E-state index in [1.807, 2.05) is 17.0 Å². The molecule has 1 saturated carbocycles. The van der Waals surface area contributed by atoms with Crippen molar-refractivity contribution in [2.75, 3.05) is 26.7 Å². The number of nitrogens with one attached hydrogen (secondary N) is 1. The summed E-state index contributed by atoms with van der Waals surface area (Å²) < 4.78 is 5.65. The van der Waals surface area contributed by atoms with E-state index in [0.717, 1.165) is 43.4 Å². The number of carbonyl (C=O) groups is 1. The minimum Gasteiger partial charge on any atom is -0.496 e. The van der Waals surface area contributed by atoms with E-state index in [2.05, 4.69) is 32.2 Å². The van der Waals surface area contributed by atoms with Crippen LogP contribution in [0.3, 0.4) is 0 Å². The molecule has 1 amide bonds. The first kappa shape index (κ1) is 21.1. The number of aliphatic hydroxyl groups is 1. The van der Waals surface area contributed by atoms with Crippen LogP contribution >= 0.6 is 0 Å². The maximum Gasteiger partial charge on any atom is 0.237 e. The Labute approximate surface area is 169 Å². The number of ether oxygens (including phenoxy) is 1. The fourth-order valence-electron chi connectivity index (χ4n) is 4.88. The Kier molecular flexibility index (Phi) is 6.35. The number of fused-ring (bicyclic) bond motifs is 1. The number of amides is 1. The molecule has 1 unspecified atom stereocenters. The van der Waals surface area contributed by atoms with Crippen LogP contribution in [0.1, 0.15) is 70.0 Å². The van der Waals surface area contributed by atoms with Gasteiger partial charge in [0.25, 0.3) is 0 Å². The summed E-state index contributed by atoms with van der Waals surface area (Å²) in [6.07, 6.45) is 5.83. The summed E-state index contributed by atoms with van der Waals surface area (Å²) in [5.41, 5.74) is 1.65. The molecule has 28 heavy (non-hydrogen) atoms. The smallest absolute Gasteiger partial charge is 0.237 e. The lowest BCUT2D eigenvalue weighted by atomic mass is 9.76. The molecular formula is C23H36N2O3. The van der Waals surface area contributed by atoms with E-state index >= 15 is 0 Å². The molecule has 0 bridgehead atoms. The van der Waals surface area contributed by atoms with Gasteiger partial charge in [0.1, 0.15) is 5.75 Å². The lowest BCUT2D eigenvalue weighted by Gasteiger charge is -2.45. The van der Waals surface area contributed by atoms with Crippen molar-refractivity contribution in [3.63, 3.8) is 0 Å². The highest BCUT2D eigenvalue weighted by molar-refractivity contribution is 5.79. The topological polar surface area (TPSA) is 61.8 Å². The largest absolute Gasteiger partial charge is 0.496 e. The van der Waals surface area contributed by atoms with Crippen molar-refractivity contribution >= 4 is 5.91 Å². The van der Waals surface area contributed by atoms with Gasteiger partial charge >= 0.3 is 0 Å². The SMILES string of the molecule is COc1cccc2c1C(C(C)(C)C)N(C(=O)CNCC1(O)CCCCC1)CC2. The van der Waals surface area contributed by atoms with E-state index in [1.165, 1.54) is 12.0 Å². The van der Waals surface area contributed by atoms with Crippen molar-refractivity contribution in [3.05, 3.63) is 29.3 Å². The molecule has 2 N–H and O–H groups in total. The molecule has 5 nitrogen and oxygen atoms in total. The normalized spacial score (nSPS) is 21.9. The Morgan fingerprint density at radius 3 is 2.64 bits per heavy atom. The zero-order valence-corrected chi connectivity index (χ0v) is 17.9. The summed E-state index contributed by atoms with van der Waals surface area (Å²) >= 11 is 0. The van der Waals surface area contributed by atoms with Gasteiger partial charge in [0.15, 0.2) is 0 Å². The number of benzene rings is 1. The molecule has 156 valence electrons. The second-order valence-corrected chi connectivity index (χ2v) is 9.53. The van der Waals surface area contributed by atoms with Gasteiger partial charge in [0, 0.05) is 18.7 Å². The molecule has 0 spiro atoms. The van der Waals surface area contributed by atoms with Crippen LogP contribution in [0.4, 0.5) is 0 Å². The van der Waals surface area contributed by atoms with Gasteiger partial charge in [0.05, 0.1) is 25.3 Å². The highest BCUT2D eigenvalue weighted by atomic mass is 16.5. The second kappa shape index (κ2) is 8.42. The van der Waals surface area contributed by atoms with Gasteiger partial charge in [-0.3, -0.25) is 4.79 Å². The Morgan fingerprint density at radius 1 is 1.29 bits per heavy atom. The maximum atomic E-state index is 13.2. The number of hydrogen-bond acceptors (Lipinski definition) is 4. The molecule has 1 aliphatic carbocycles. The summed E-state index contributed by atoms with van der Waals surface area (Å²) in [6.45, 7) is 8.01. The summed E-state index contributed by atoms with van der Waals surface area (Å²) in [6, 6.07) is 6.14. The van der Waals surface area contributed by atoms with Crippen molar-refractivity contribution in [2.45, 2.75) is 70.9 Å². The third kappa shape index (κ3) is 4.52. The molecule has 0 aromatic heterocycles. The summed E-state index contributed by atoms with van der Waals surface area (Å²) in [7, 11) is 1.70. The van der Waals surface area contributed by atoms with Crippen molar-refractivity contribution in [1.82, 2.24) is 10.2 Å². The third-order valence-corrected chi connectivity index (χ3v) is 6.24. The molecular weight excluding hydrogens is 352 g/mol. The predicted molar refractivity (Wildman–Crippen MR) is 112 cm³/mol. The van der Waals surface area contributed by atoms with Crippen LogP contribution in [0.5, 0.6) is 5.75 Å². The Balaban J connectivity index is 1.74. The fraction of sp³-hybridized carbons (Fsp3) is 0.696. The zero-order valence-electron chi connectivity index (χ0n) is 17.9. The summed E-state index contributed by atoms with van der Waals surface area (Å²) in [4.78, 5) is 15.2. The van der Waals surface area contributed by atoms with E-state index in [-0.39, 0.29) is 23.9 Å². The van der Waals surface area contributed by atoms with E-state index in [4.69, 9.17) is 4.74 Å². The van der Waals surface area contributed by atoms with Gasteiger partial charge in [-0.15, -0.1) is 0 Å². The van der Waals surface area contributed by atoms with Crippen LogP contribution in [0.15, 0.2) is 18.2 Å². The van der Waals surface area contributed by atoms with E-state index in [9.17, 15) is 9.90 Å². The third-order valence-electron chi connectivity index (χ3n) is 6.24. The highest BCUT2D eigenvalue weighted by Gasteiger charge is 2.40.